The van der Waals surface area contributed by atoms with E-state index in [-0.39, 0.29) is 22.1 Å². The summed E-state index contributed by atoms with van der Waals surface area (Å²) in [6, 6.07) is 13.7. The van der Waals surface area contributed by atoms with Crippen molar-refractivity contribution in [1.29, 1.82) is 5.26 Å². The van der Waals surface area contributed by atoms with Crippen LogP contribution < -0.4 is 0 Å². The number of nitriles is 1. The number of halogens is 1. The second-order valence-electron chi connectivity index (χ2n) is 5.16. The largest absolute Gasteiger partial charge is 0.506 e. The maximum atomic E-state index is 12.4. The molecule has 0 saturated carbocycles. The van der Waals surface area contributed by atoms with Crippen molar-refractivity contribution in [3.05, 3.63) is 69.8 Å². The van der Waals surface area contributed by atoms with Crippen LogP contribution in [0.2, 0.25) is 5.02 Å². The number of nitrogens with zero attached hydrogens (tertiary/aromatic N) is 1. The highest BCUT2D eigenvalue weighted by Gasteiger charge is 2.12. The number of hydrogen-bond donors (Lipinski definition) is 1. The minimum Gasteiger partial charge on any atom is -0.506 e. The maximum Gasteiger partial charge on any atom is 0.203 e. The molecule has 0 amide bonds. The zero-order valence-corrected chi connectivity index (χ0v) is 13.5. The molecule has 0 unspecified atom stereocenters. The van der Waals surface area contributed by atoms with Gasteiger partial charge in [-0.05, 0) is 35.8 Å². The zero-order valence-electron chi connectivity index (χ0n) is 12.7. The Hall–Kier alpha value is -2.57. The highest BCUT2D eigenvalue weighted by molar-refractivity contribution is 6.32. The molecule has 0 bridgehead atoms. The minimum absolute atomic E-state index is 0.0231. The van der Waals surface area contributed by atoms with E-state index in [9.17, 15) is 15.2 Å². The molecule has 116 valence electrons. The smallest absolute Gasteiger partial charge is 0.203 e. The summed E-state index contributed by atoms with van der Waals surface area (Å²) in [4.78, 5) is 12.4. The molecule has 4 heteroatoms. The predicted molar refractivity (Wildman–Crippen MR) is 91.5 cm³/mol. The quantitative estimate of drug-likeness (QED) is 0.488. The number of carbonyl (C=O) groups is 1. The molecule has 2 aromatic carbocycles. The predicted octanol–water partition coefficient (Wildman–Crippen LogP) is 4.79. The molecular formula is C19H16ClNO2. The minimum atomic E-state index is -0.334. The van der Waals surface area contributed by atoms with Gasteiger partial charge in [-0.2, -0.15) is 5.26 Å². The van der Waals surface area contributed by atoms with Crippen LogP contribution in [0.1, 0.15) is 34.8 Å². The Morgan fingerprint density at radius 1 is 1.26 bits per heavy atom. The molecule has 1 N–H and O–H groups in total. The fourth-order valence-corrected chi connectivity index (χ4v) is 2.38. The van der Waals surface area contributed by atoms with Crippen LogP contribution in [-0.2, 0) is 6.42 Å². The molecule has 0 spiro atoms. The van der Waals surface area contributed by atoms with Crippen LogP contribution in [-0.4, -0.2) is 10.9 Å². The standard InChI is InChI=1S/C19H16ClNO2/c1-2-3-13-4-7-15(8-5-13)19(23)16(12-21)10-14-6-9-18(22)17(20)11-14/h4-11,22H,2-3H2,1H3/b16-10-. The summed E-state index contributed by atoms with van der Waals surface area (Å²) >= 11 is 5.84. The van der Waals surface area contributed by atoms with Gasteiger partial charge in [0.05, 0.1) is 5.02 Å². The third-order valence-corrected chi connectivity index (χ3v) is 3.71. The summed E-state index contributed by atoms with van der Waals surface area (Å²) in [6.45, 7) is 2.10. The van der Waals surface area contributed by atoms with Crippen LogP contribution in [0.15, 0.2) is 48.0 Å². The number of phenols is 1. The van der Waals surface area contributed by atoms with E-state index in [1.54, 1.807) is 18.2 Å². The fraction of sp³-hybridized carbons (Fsp3) is 0.158. The number of allylic oxidation sites excluding steroid dienone is 1. The lowest BCUT2D eigenvalue weighted by Gasteiger charge is -2.03. The Morgan fingerprint density at radius 2 is 1.96 bits per heavy atom. The Morgan fingerprint density at radius 3 is 2.52 bits per heavy atom. The summed E-state index contributed by atoms with van der Waals surface area (Å²) in [5.41, 5.74) is 2.25. The highest BCUT2D eigenvalue weighted by Crippen LogP contribution is 2.25. The average molecular weight is 326 g/mol. The number of rotatable bonds is 5. The summed E-state index contributed by atoms with van der Waals surface area (Å²) < 4.78 is 0. The molecule has 2 aromatic rings. The lowest BCUT2D eigenvalue weighted by atomic mass is 10.00. The third-order valence-electron chi connectivity index (χ3n) is 3.40. The van der Waals surface area contributed by atoms with Gasteiger partial charge < -0.3 is 5.11 Å². The summed E-state index contributed by atoms with van der Waals surface area (Å²) in [6.07, 6.45) is 3.47. The molecule has 0 fully saturated rings. The third kappa shape index (κ3) is 4.21. The molecule has 0 atom stereocenters. The zero-order chi connectivity index (χ0) is 16.8. The van der Waals surface area contributed by atoms with Crippen LogP contribution in [0.5, 0.6) is 5.75 Å². The Bertz CT molecular complexity index is 786. The molecule has 2 rings (SSSR count). The molecule has 3 nitrogen and oxygen atoms in total. The number of hydrogen-bond acceptors (Lipinski definition) is 3. The van der Waals surface area contributed by atoms with Crippen molar-refractivity contribution in [3.63, 3.8) is 0 Å². The van der Waals surface area contributed by atoms with Crippen molar-refractivity contribution in [3.8, 4) is 11.8 Å². The van der Waals surface area contributed by atoms with Crippen molar-refractivity contribution >= 4 is 23.5 Å². The van der Waals surface area contributed by atoms with E-state index in [2.05, 4.69) is 6.92 Å². The van der Waals surface area contributed by atoms with E-state index in [1.165, 1.54) is 18.2 Å². The first-order valence-corrected chi connectivity index (χ1v) is 7.67. The van der Waals surface area contributed by atoms with E-state index < -0.39 is 0 Å². The van der Waals surface area contributed by atoms with E-state index in [0.717, 1.165) is 18.4 Å². The highest BCUT2D eigenvalue weighted by atomic mass is 35.5. The number of aromatic hydroxyl groups is 1. The molecule has 23 heavy (non-hydrogen) atoms. The van der Waals surface area contributed by atoms with Crippen molar-refractivity contribution in [2.75, 3.05) is 0 Å². The van der Waals surface area contributed by atoms with Gasteiger partial charge in [0.15, 0.2) is 0 Å². The number of benzene rings is 2. The molecule has 0 heterocycles. The van der Waals surface area contributed by atoms with Gasteiger partial charge in [-0.3, -0.25) is 4.79 Å². The number of carbonyl (C=O) groups excluding carboxylic acids is 1. The van der Waals surface area contributed by atoms with Crippen LogP contribution in [0.4, 0.5) is 0 Å². The Kier molecular flexibility index (Phi) is 5.56. The normalized spacial score (nSPS) is 11.1. The van der Waals surface area contributed by atoms with Crippen molar-refractivity contribution < 1.29 is 9.90 Å². The second kappa shape index (κ2) is 7.62. The average Bonchev–Trinajstić information content (AvgIpc) is 2.56. The van der Waals surface area contributed by atoms with Gasteiger partial charge in [0, 0.05) is 5.56 Å². The lowest BCUT2D eigenvalue weighted by molar-refractivity contribution is 0.104. The van der Waals surface area contributed by atoms with Crippen LogP contribution in [0, 0.1) is 11.3 Å². The van der Waals surface area contributed by atoms with Gasteiger partial charge >= 0.3 is 0 Å². The van der Waals surface area contributed by atoms with E-state index in [4.69, 9.17) is 11.6 Å². The topological polar surface area (TPSA) is 61.1 Å². The van der Waals surface area contributed by atoms with Crippen molar-refractivity contribution in [2.24, 2.45) is 0 Å². The SMILES string of the molecule is CCCc1ccc(C(=O)/C(C#N)=C\c2ccc(O)c(Cl)c2)cc1. The lowest BCUT2D eigenvalue weighted by Crippen LogP contribution is -2.02. The Labute approximate surface area is 140 Å². The van der Waals surface area contributed by atoms with Crippen LogP contribution >= 0.6 is 11.6 Å². The molecule has 0 aliphatic rings. The first kappa shape index (κ1) is 16.8. The monoisotopic (exact) mass is 325 g/mol. The Balaban J connectivity index is 2.29. The number of Topliss-reactive ketones (excluding diaryl/α,β-unsaturated/α-hetero) is 1. The molecule has 0 saturated heterocycles. The van der Waals surface area contributed by atoms with Crippen molar-refractivity contribution in [1.82, 2.24) is 0 Å². The molecule has 0 aliphatic carbocycles. The van der Waals surface area contributed by atoms with Crippen LogP contribution in [0.25, 0.3) is 6.08 Å². The van der Waals surface area contributed by atoms with Gasteiger partial charge in [0.2, 0.25) is 5.78 Å². The number of aryl methyl sites for hydroxylation is 1. The molecule has 0 radical (unpaired) electrons. The number of phenolic OH excluding ortho intramolecular Hbond substituents is 1. The van der Waals surface area contributed by atoms with Gasteiger partial charge in [0.25, 0.3) is 0 Å². The van der Waals surface area contributed by atoms with Gasteiger partial charge in [-0.1, -0.05) is 55.3 Å². The van der Waals surface area contributed by atoms with Gasteiger partial charge in [-0.15, -0.1) is 0 Å². The summed E-state index contributed by atoms with van der Waals surface area (Å²) in [7, 11) is 0. The summed E-state index contributed by atoms with van der Waals surface area (Å²) in [5, 5.41) is 18.8. The van der Waals surface area contributed by atoms with E-state index in [1.807, 2.05) is 18.2 Å². The number of ketones is 1. The van der Waals surface area contributed by atoms with Crippen molar-refractivity contribution in [2.45, 2.75) is 19.8 Å². The van der Waals surface area contributed by atoms with Crippen LogP contribution in [0.3, 0.4) is 0 Å². The second-order valence-corrected chi connectivity index (χ2v) is 5.56. The maximum absolute atomic E-state index is 12.4. The molecule has 0 aliphatic heterocycles. The first-order chi connectivity index (χ1) is 11.0. The molecule has 0 aromatic heterocycles. The van der Waals surface area contributed by atoms with Gasteiger partial charge in [0.1, 0.15) is 17.4 Å². The molecular weight excluding hydrogens is 310 g/mol. The summed E-state index contributed by atoms with van der Waals surface area (Å²) in [5.74, 6) is -0.375. The van der Waals surface area contributed by atoms with E-state index >= 15 is 0 Å². The van der Waals surface area contributed by atoms with E-state index in [0.29, 0.717) is 11.1 Å². The first-order valence-electron chi connectivity index (χ1n) is 7.29. The van der Waals surface area contributed by atoms with Gasteiger partial charge in [-0.25, -0.2) is 0 Å². The fourth-order valence-electron chi connectivity index (χ4n) is 2.20.